The van der Waals surface area contributed by atoms with Crippen molar-refractivity contribution < 1.29 is 0 Å². The molecule has 0 fully saturated rings. The van der Waals surface area contributed by atoms with E-state index in [2.05, 4.69) is 71.7 Å². The lowest BCUT2D eigenvalue weighted by atomic mass is 10.1. The largest absolute Gasteiger partial charge is 0.377 e. The van der Waals surface area contributed by atoms with Gasteiger partial charge in [0.15, 0.2) is 0 Å². The van der Waals surface area contributed by atoms with Gasteiger partial charge >= 0.3 is 0 Å². The van der Waals surface area contributed by atoms with Gasteiger partial charge in [0.05, 0.1) is 6.04 Å². The Kier molecular flexibility index (Phi) is 3.89. The van der Waals surface area contributed by atoms with Gasteiger partial charge in [0.25, 0.3) is 0 Å². The molecule has 0 saturated heterocycles. The molecular formula is C14H16BrNS. The zero-order valence-electron chi connectivity index (χ0n) is 10.3. The Hall–Kier alpha value is -0.800. The maximum atomic E-state index is 3.60. The van der Waals surface area contributed by atoms with Crippen LogP contribution in [0.15, 0.2) is 34.1 Å². The average Bonchev–Trinajstić information content (AvgIpc) is 2.76. The molecule has 2 aromatic rings. The Morgan fingerprint density at radius 3 is 2.41 bits per heavy atom. The summed E-state index contributed by atoms with van der Waals surface area (Å²) >= 11 is 5.32. The van der Waals surface area contributed by atoms with Crippen LogP contribution >= 0.6 is 27.3 Å². The van der Waals surface area contributed by atoms with Crippen LogP contribution in [-0.2, 0) is 0 Å². The minimum Gasteiger partial charge on any atom is -0.377 e. The van der Waals surface area contributed by atoms with E-state index in [1.807, 2.05) is 0 Å². The Labute approximate surface area is 115 Å². The monoisotopic (exact) mass is 309 g/mol. The number of hydrogen-bond donors (Lipinski definition) is 1. The first-order valence-corrected chi connectivity index (χ1v) is 7.32. The molecule has 1 aromatic carbocycles. The number of benzene rings is 1. The summed E-state index contributed by atoms with van der Waals surface area (Å²) in [4.78, 5) is 1.37. The third-order valence-corrected chi connectivity index (χ3v) is 4.34. The summed E-state index contributed by atoms with van der Waals surface area (Å²) < 4.78 is 1.14. The topological polar surface area (TPSA) is 12.0 Å². The van der Waals surface area contributed by atoms with Crippen molar-refractivity contribution in [1.29, 1.82) is 0 Å². The van der Waals surface area contributed by atoms with Crippen molar-refractivity contribution in [2.75, 3.05) is 5.32 Å². The van der Waals surface area contributed by atoms with Crippen LogP contribution in [0.2, 0.25) is 0 Å². The van der Waals surface area contributed by atoms with E-state index < -0.39 is 0 Å². The fourth-order valence-corrected chi connectivity index (χ4v) is 3.38. The molecule has 0 bridgehead atoms. The lowest BCUT2D eigenvalue weighted by molar-refractivity contribution is 0.902. The third kappa shape index (κ3) is 2.90. The van der Waals surface area contributed by atoms with Crippen molar-refractivity contribution in [3.8, 4) is 0 Å². The van der Waals surface area contributed by atoms with E-state index in [-0.39, 0.29) is 0 Å². The molecule has 1 nitrogen and oxygen atoms in total. The highest BCUT2D eigenvalue weighted by Gasteiger charge is 2.10. The smallest absolute Gasteiger partial charge is 0.0578 e. The molecule has 0 aliphatic rings. The van der Waals surface area contributed by atoms with Gasteiger partial charge in [-0.15, -0.1) is 11.3 Å². The highest BCUT2D eigenvalue weighted by atomic mass is 79.9. The predicted molar refractivity (Wildman–Crippen MR) is 80.0 cm³/mol. The van der Waals surface area contributed by atoms with E-state index >= 15 is 0 Å². The molecule has 1 heterocycles. The molecule has 1 unspecified atom stereocenters. The summed E-state index contributed by atoms with van der Waals surface area (Å²) in [7, 11) is 0. The normalized spacial score (nSPS) is 12.5. The van der Waals surface area contributed by atoms with Crippen LogP contribution in [0, 0.1) is 13.8 Å². The van der Waals surface area contributed by atoms with Crippen LogP contribution in [-0.4, -0.2) is 0 Å². The number of hydrogen-bond acceptors (Lipinski definition) is 2. The number of aryl methyl sites for hydroxylation is 2. The molecule has 1 aromatic heterocycles. The summed E-state index contributed by atoms with van der Waals surface area (Å²) in [5.74, 6) is 0. The van der Waals surface area contributed by atoms with Crippen molar-refractivity contribution in [3.05, 3.63) is 50.1 Å². The van der Waals surface area contributed by atoms with Crippen molar-refractivity contribution >= 4 is 33.0 Å². The standard InChI is InChI=1S/C14H16BrNS/c1-9-7-12(15)8-10(2)14(9)16-11(3)13-5-4-6-17-13/h4-8,11,16H,1-3H3. The first-order chi connectivity index (χ1) is 8.08. The predicted octanol–water partition coefficient (Wildman–Crippen LogP) is 5.30. The van der Waals surface area contributed by atoms with Gasteiger partial charge in [-0.25, -0.2) is 0 Å². The van der Waals surface area contributed by atoms with E-state index in [0.29, 0.717) is 6.04 Å². The SMILES string of the molecule is Cc1cc(Br)cc(C)c1NC(C)c1cccs1. The van der Waals surface area contributed by atoms with Crippen LogP contribution in [0.5, 0.6) is 0 Å². The molecule has 0 amide bonds. The van der Waals surface area contributed by atoms with Gasteiger partial charge in [-0.05, 0) is 55.5 Å². The maximum Gasteiger partial charge on any atom is 0.0578 e. The number of thiophene rings is 1. The molecule has 0 saturated carbocycles. The van der Waals surface area contributed by atoms with E-state index in [4.69, 9.17) is 0 Å². The summed E-state index contributed by atoms with van der Waals surface area (Å²) in [5.41, 5.74) is 3.80. The number of nitrogens with one attached hydrogen (secondary N) is 1. The Morgan fingerprint density at radius 2 is 1.88 bits per heavy atom. The van der Waals surface area contributed by atoms with Crippen LogP contribution in [0.25, 0.3) is 0 Å². The lowest BCUT2D eigenvalue weighted by Gasteiger charge is -2.18. The molecule has 1 N–H and O–H groups in total. The first-order valence-electron chi connectivity index (χ1n) is 5.64. The van der Waals surface area contributed by atoms with Gasteiger partial charge in [-0.1, -0.05) is 22.0 Å². The molecule has 0 spiro atoms. The molecule has 1 atom stereocenters. The molecule has 0 aliphatic carbocycles. The second-order valence-corrected chi connectivity index (χ2v) is 6.19. The highest BCUT2D eigenvalue weighted by molar-refractivity contribution is 9.10. The number of halogens is 1. The van der Waals surface area contributed by atoms with Gasteiger partial charge in [-0.3, -0.25) is 0 Å². The minimum absolute atomic E-state index is 0.355. The van der Waals surface area contributed by atoms with Crippen molar-refractivity contribution in [1.82, 2.24) is 0 Å². The molecule has 90 valence electrons. The first kappa shape index (κ1) is 12.7. The van der Waals surface area contributed by atoms with Gasteiger partial charge in [0.1, 0.15) is 0 Å². The van der Waals surface area contributed by atoms with Crippen LogP contribution < -0.4 is 5.32 Å². The maximum absolute atomic E-state index is 3.60. The summed E-state index contributed by atoms with van der Waals surface area (Å²) in [6, 6.07) is 8.92. The second-order valence-electron chi connectivity index (χ2n) is 4.30. The van der Waals surface area contributed by atoms with Crippen molar-refractivity contribution in [2.45, 2.75) is 26.8 Å². The van der Waals surface area contributed by atoms with Gasteiger partial charge in [0.2, 0.25) is 0 Å². The highest BCUT2D eigenvalue weighted by Crippen LogP contribution is 2.29. The quantitative estimate of drug-likeness (QED) is 0.811. The van der Waals surface area contributed by atoms with Crippen LogP contribution in [0.1, 0.15) is 29.0 Å². The zero-order valence-corrected chi connectivity index (χ0v) is 12.7. The number of rotatable bonds is 3. The van der Waals surface area contributed by atoms with E-state index in [0.717, 1.165) is 4.47 Å². The fourth-order valence-electron chi connectivity index (χ4n) is 1.96. The summed E-state index contributed by atoms with van der Waals surface area (Å²) in [6.45, 7) is 6.48. The number of anilines is 1. The van der Waals surface area contributed by atoms with E-state index in [1.54, 1.807) is 11.3 Å². The minimum atomic E-state index is 0.355. The van der Waals surface area contributed by atoms with E-state index in [9.17, 15) is 0 Å². The zero-order chi connectivity index (χ0) is 12.4. The molecule has 0 radical (unpaired) electrons. The molecule has 2 rings (SSSR count). The van der Waals surface area contributed by atoms with Crippen LogP contribution in [0.3, 0.4) is 0 Å². The van der Waals surface area contributed by atoms with Crippen LogP contribution in [0.4, 0.5) is 5.69 Å². The van der Waals surface area contributed by atoms with E-state index in [1.165, 1.54) is 21.7 Å². The molecule has 0 aliphatic heterocycles. The lowest BCUT2D eigenvalue weighted by Crippen LogP contribution is -2.07. The average molecular weight is 310 g/mol. The second kappa shape index (κ2) is 5.23. The third-order valence-electron chi connectivity index (χ3n) is 2.83. The Morgan fingerprint density at radius 1 is 1.24 bits per heavy atom. The molecule has 17 heavy (non-hydrogen) atoms. The fraction of sp³-hybridized carbons (Fsp3) is 0.286. The Balaban J connectivity index is 2.25. The Bertz CT molecular complexity index is 482. The van der Waals surface area contributed by atoms with Crippen molar-refractivity contribution in [2.24, 2.45) is 0 Å². The summed E-state index contributed by atoms with van der Waals surface area (Å²) in [6.07, 6.45) is 0. The van der Waals surface area contributed by atoms with Gasteiger partial charge in [0, 0.05) is 15.0 Å². The molecular weight excluding hydrogens is 294 g/mol. The van der Waals surface area contributed by atoms with Crippen molar-refractivity contribution in [3.63, 3.8) is 0 Å². The van der Waals surface area contributed by atoms with Gasteiger partial charge < -0.3 is 5.32 Å². The van der Waals surface area contributed by atoms with Gasteiger partial charge in [-0.2, -0.15) is 0 Å². The summed E-state index contributed by atoms with van der Waals surface area (Å²) in [5, 5.41) is 5.72. The molecule has 3 heteroatoms.